The molecular weight excluding hydrogens is 221 g/mol. The predicted molar refractivity (Wildman–Crippen MR) is 59.5 cm³/mol. The standard InChI is InChI=1S/C9H7Cl2N3/c10-8-4-7(5-9(11)6-8)2-1-3-13-14-12/h1-2,4-6H,3H2. The minimum atomic E-state index is 0.320. The van der Waals surface area contributed by atoms with Gasteiger partial charge in [-0.1, -0.05) is 40.5 Å². The van der Waals surface area contributed by atoms with E-state index in [1.165, 1.54) is 0 Å². The number of hydrogen-bond donors (Lipinski definition) is 0. The maximum Gasteiger partial charge on any atom is 0.0443 e. The van der Waals surface area contributed by atoms with Gasteiger partial charge in [0.1, 0.15) is 0 Å². The molecule has 0 spiro atoms. The summed E-state index contributed by atoms with van der Waals surface area (Å²) in [6.45, 7) is 0.320. The van der Waals surface area contributed by atoms with Crippen molar-refractivity contribution in [2.24, 2.45) is 5.11 Å². The lowest BCUT2D eigenvalue weighted by Crippen LogP contribution is -1.74. The lowest BCUT2D eigenvalue weighted by molar-refractivity contribution is 1.22. The molecule has 5 heteroatoms. The largest absolute Gasteiger partial charge is 0.0899 e. The quantitative estimate of drug-likeness (QED) is 0.420. The van der Waals surface area contributed by atoms with Gasteiger partial charge in [0.2, 0.25) is 0 Å². The van der Waals surface area contributed by atoms with Crippen LogP contribution in [0.3, 0.4) is 0 Å². The summed E-state index contributed by atoms with van der Waals surface area (Å²) in [6.07, 6.45) is 3.54. The van der Waals surface area contributed by atoms with E-state index >= 15 is 0 Å². The van der Waals surface area contributed by atoms with Crippen molar-refractivity contribution in [2.75, 3.05) is 6.54 Å². The van der Waals surface area contributed by atoms with Gasteiger partial charge in [-0.05, 0) is 29.3 Å². The van der Waals surface area contributed by atoms with Crippen LogP contribution < -0.4 is 0 Å². The Balaban J connectivity index is 2.75. The smallest absolute Gasteiger partial charge is 0.0443 e. The summed E-state index contributed by atoms with van der Waals surface area (Å²) in [5.74, 6) is 0. The molecule has 0 heterocycles. The highest BCUT2D eigenvalue weighted by Crippen LogP contribution is 2.19. The molecule has 0 aliphatic heterocycles. The molecule has 3 nitrogen and oxygen atoms in total. The van der Waals surface area contributed by atoms with Gasteiger partial charge in [0, 0.05) is 21.5 Å². The lowest BCUT2D eigenvalue weighted by Gasteiger charge is -1.96. The number of hydrogen-bond acceptors (Lipinski definition) is 1. The number of azide groups is 1. The zero-order chi connectivity index (χ0) is 10.4. The van der Waals surface area contributed by atoms with E-state index in [2.05, 4.69) is 10.0 Å². The highest BCUT2D eigenvalue weighted by molar-refractivity contribution is 6.34. The van der Waals surface area contributed by atoms with Crippen LogP contribution in [-0.2, 0) is 0 Å². The van der Waals surface area contributed by atoms with E-state index in [0.29, 0.717) is 16.6 Å². The van der Waals surface area contributed by atoms with Gasteiger partial charge in [0.15, 0.2) is 0 Å². The SMILES string of the molecule is [N-]=[N+]=NCC=Cc1cc(Cl)cc(Cl)c1. The molecule has 0 saturated heterocycles. The molecule has 0 bridgehead atoms. The molecule has 0 radical (unpaired) electrons. The third-order valence-corrected chi connectivity index (χ3v) is 1.88. The summed E-state index contributed by atoms with van der Waals surface area (Å²) < 4.78 is 0. The van der Waals surface area contributed by atoms with Gasteiger partial charge < -0.3 is 0 Å². The first-order valence-electron chi connectivity index (χ1n) is 3.86. The fraction of sp³-hybridized carbons (Fsp3) is 0.111. The Kier molecular flexibility index (Phi) is 4.33. The van der Waals surface area contributed by atoms with E-state index in [4.69, 9.17) is 28.7 Å². The Bertz CT molecular complexity index is 375. The highest BCUT2D eigenvalue weighted by atomic mass is 35.5. The summed E-state index contributed by atoms with van der Waals surface area (Å²) in [5.41, 5.74) is 8.92. The van der Waals surface area contributed by atoms with E-state index in [-0.39, 0.29) is 0 Å². The van der Waals surface area contributed by atoms with Gasteiger partial charge in [-0.15, -0.1) is 0 Å². The Morgan fingerprint density at radius 2 is 1.93 bits per heavy atom. The van der Waals surface area contributed by atoms with Crippen LogP contribution in [0.4, 0.5) is 0 Å². The molecule has 1 aromatic carbocycles. The van der Waals surface area contributed by atoms with Gasteiger partial charge in [-0.25, -0.2) is 0 Å². The second-order valence-electron chi connectivity index (χ2n) is 2.52. The van der Waals surface area contributed by atoms with Crippen LogP contribution in [0.5, 0.6) is 0 Å². The monoisotopic (exact) mass is 227 g/mol. The maximum absolute atomic E-state index is 8.03. The van der Waals surface area contributed by atoms with E-state index in [1.807, 2.05) is 0 Å². The Morgan fingerprint density at radius 3 is 2.50 bits per heavy atom. The first-order chi connectivity index (χ1) is 6.72. The van der Waals surface area contributed by atoms with Crippen LogP contribution in [-0.4, -0.2) is 6.54 Å². The van der Waals surface area contributed by atoms with Crippen molar-refractivity contribution in [3.63, 3.8) is 0 Å². The van der Waals surface area contributed by atoms with E-state index in [1.54, 1.807) is 30.4 Å². The Hall–Kier alpha value is -1.15. The highest BCUT2D eigenvalue weighted by Gasteiger charge is 1.93. The second kappa shape index (κ2) is 5.55. The zero-order valence-corrected chi connectivity index (χ0v) is 8.70. The molecule has 14 heavy (non-hydrogen) atoms. The summed E-state index contributed by atoms with van der Waals surface area (Å²) in [7, 11) is 0. The van der Waals surface area contributed by atoms with Crippen molar-refractivity contribution in [3.8, 4) is 0 Å². The molecule has 0 unspecified atom stereocenters. The van der Waals surface area contributed by atoms with Crippen molar-refractivity contribution in [1.29, 1.82) is 0 Å². The minimum absolute atomic E-state index is 0.320. The normalized spacial score (nSPS) is 10.1. The summed E-state index contributed by atoms with van der Waals surface area (Å²) in [4.78, 5) is 2.62. The summed E-state index contributed by atoms with van der Waals surface area (Å²) in [6, 6.07) is 5.22. The molecule has 1 aromatic rings. The first kappa shape index (κ1) is 10.9. The summed E-state index contributed by atoms with van der Waals surface area (Å²) >= 11 is 11.6. The van der Waals surface area contributed by atoms with Gasteiger partial charge >= 0.3 is 0 Å². The minimum Gasteiger partial charge on any atom is -0.0899 e. The number of benzene rings is 1. The average Bonchev–Trinajstić information content (AvgIpc) is 2.11. The zero-order valence-electron chi connectivity index (χ0n) is 7.19. The molecule has 0 N–H and O–H groups in total. The molecule has 0 aliphatic rings. The fourth-order valence-electron chi connectivity index (χ4n) is 0.944. The van der Waals surface area contributed by atoms with E-state index < -0.39 is 0 Å². The van der Waals surface area contributed by atoms with Crippen LogP contribution in [0, 0.1) is 0 Å². The number of nitrogens with zero attached hydrogens (tertiary/aromatic N) is 3. The van der Waals surface area contributed by atoms with Crippen molar-refractivity contribution in [2.45, 2.75) is 0 Å². The van der Waals surface area contributed by atoms with Crippen molar-refractivity contribution < 1.29 is 0 Å². The van der Waals surface area contributed by atoms with Crippen molar-refractivity contribution >= 4 is 29.3 Å². The molecule has 1 rings (SSSR count). The lowest BCUT2D eigenvalue weighted by atomic mass is 10.2. The van der Waals surface area contributed by atoms with Crippen LogP contribution in [0.1, 0.15) is 5.56 Å². The molecule has 0 atom stereocenters. The molecule has 0 aromatic heterocycles. The van der Waals surface area contributed by atoms with Crippen LogP contribution in [0.15, 0.2) is 29.4 Å². The van der Waals surface area contributed by atoms with E-state index in [9.17, 15) is 0 Å². The molecule has 72 valence electrons. The average molecular weight is 228 g/mol. The maximum atomic E-state index is 8.03. The van der Waals surface area contributed by atoms with Gasteiger partial charge in [0.25, 0.3) is 0 Å². The molecular formula is C9H7Cl2N3. The van der Waals surface area contributed by atoms with Crippen LogP contribution in [0.2, 0.25) is 10.0 Å². The number of rotatable bonds is 3. The van der Waals surface area contributed by atoms with Gasteiger partial charge in [-0.3, -0.25) is 0 Å². The molecule has 0 saturated carbocycles. The Morgan fingerprint density at radius 1 is 1.29 bits per heavy atom. The van der Waals surface area contributed by atoms with Gasteiger partial charge in [0.05, 0.1) is 0 Å². The summed E-state index contributed by atoms with van der Waals surface area (Å²) in [5, 5.41) is 4.53. The van der Waals surface area contributed by atoms with Crippen molar-refractivity contribution in [3.05, 3.63) is 50.3 Å². The molecule has 0 fully saturated rings. The van der Waals surface area contributed by atoms with Crippen molar-refractivity contribution in [1.82, 2.24) is 0 Å². The topological polar surface area (TPSA) is 48.8 Å². The third-order valence-electron chi connectivity index (χ3n) is 1.45. The van der Waals surface area contributed by atoms with Gasteiger partial charge in [-0.2, -0.15) is 0 Å². The third kappa shape index (κ3) is 3.71. The second-order valence-corrected chi connectivity index (χ2v) is 3.39. The number of halogens is 2. The molecule has 0 amide bonds. The Labute approximate surface area is 91.6 Å². The molecule has 0 aliphatic carbocycles. The van der Waals surface area contributed by atoms with E-state index in [0.717, 1.165) is 5.56 Å². The predicted octanol–water partition coefficient (Wildman–Crippen LogP) is 4.32. The first-order valence-corrected chi connectivity index (χ1v) is 4.61. The van der Waals surface area contributed by atoms with Crippen LogP contribution >= 0.6 is 23.2 Å². The fourth-order valence-corrected chi connectivity index (χ4v) is 1.49. The van der Waals surface area contributed by atoms with Crippen LogP contribution in [0.25, 0.3) is 16.5 Å².